The number of carbonyl (C=O) groups excluding carboxylic acids is 3. The van der Waals surface area contributed by atoms with Gasteiger partial charge in [0.2, 0.25) is 5.91 Å². The normalized spacial score (nSPS) is 15.1. The quantitative estimate of drug-likeness (QED) is 0.593. The highest BCUT2D eigenvalue weighted by atomic mass is 32.2. The molecule has 6 nitrogen and oxygen atoms in total. The van der Waals surface area contributed by atoms with E-state index in [4.69, 9.17) is 4.74 Å². The van der Waals surface area contributed by atoms with Crippen LogP contribution in [0.4, 0.5) is 10.5 Å². The second kappa shape index (κ2) is 9.61. The Morgan fingerprint density at radius 3 is 2.44 bits per heavy atom. The standard InChI is InChI=1S/C25H28N2O4S/c1-14(2)20-11-18(17(5)10-21(20)31-6)12-22-24(29)27(25(30)32-22)13-23(28)26-19-8-7-15(3)16(4)9-19/h7-12,14H,13H2,1-6H3,(H,26,28). The predicted molar refractivity (Wildman–Crippen MR) is 129 cm³/mol. The highest BCUT2D eigenvalue weighted by Gasteiger charge is 2.36. The molecule has 1 aliphatic heterocycles. The molecule has 32 heavy (non-hydrogen) atoms. The van der Waals surface area contributed by atoms with Crippen LogP contribution in [0.2, 0.25) is 0 Å². The van der Waals surface area contributed by atoms with Gasteiger partial charge in [-0.15, -0.1) is 0 Å². The predicted octanol–water partition coefficient (Wildman–Crippen LogP) is 5.42. The first-order chi connectivity index (χ1) is 15.1. The van der Waals surface area contributed by atoms with Gasteiger partial charge in [-0.3, -0.25) is 19.3 Å². The van der Waals surface area contributed by atoms with Crippen molar-refractivity contribution in [2.75, 3.05) is 19.0 Å². The molecular weight excluding hydrogens is 424 g/mol. The summed E-state index contributed by atoms with van der Waals surface area (Å²) in [7, 11) is 1.63. The van der Waals surface area contributed by atoms with Crippen molar-refractivity contribution in [3.8, 4) is 5.75 Å². The van der Waals surface area contributed by atoms with E-state index in [1.807, 2.05) is 45.0 Å². The number of amides is 3. The number of methoxy groups -OCH3 is 1. The third-order valence-corrected chi connectivity index (χ3v) is 6.40. The first-order valence-electron chi connectivity index (χ1n) is 10.4. The van der Waals surface area contributed by atoms with E-state index in [-0.39, 0.29) is 12.5 Å². The van der Waals surface area contributed by atoms with E-state index in [0.29, 0.717) is 10.6 Å². The smallest absolute Gasteiger partial charge is 0.294 e. The summed E-state index contributed by atoms with van der Waals surface area (Å²) >= 11 is 0.850. The van der Waals surface area contributed by atoms with E-state index >= 15 is 0 Å². The van der Waals surface area contributed by atoms with Gasteiger partial charge in [0.25, 0.3) is 11.1 Å². The maximum atomic E-state index is 12.9. The van der Waals surface area contributed by atoms with Gasteiger partial charge in [0.15, 0.2) is 0 Å². The molecule has 0 bridgehead atoms. The molecule has 0 aromatic heterocycles. The molecular formula is C25H28N2O4S. The van der Waals surface area contributed by atoms with Crippen molar-refractivity contribution in [1.82, 2.24) is 4.90 Å². The number of rotatable bonds is 6. The van der Waals surface area contributed by atoms with Crippen LogP contribution in [-0.2, 0) is 9.59 Å². The molecule has 2 aromatic carbocycles. The molecule has 7 heteroatoms. The molecule has 3 amide bonds. The molecule has 1 heterocycles. The second-order valence-electron chi connectivity index (χ2n) is 8.22. The van der Waals surface area contributed by atoms with Gasteiger partial charge >= 0.3 is 0 Å². The van der Waals surface area contributed by atoms with Gasteiger partial charge < -0.3 is 10.1 Å². The highest BCUT2D eigenvalue weighted by molar-refractivity contribution is 8.18. The van der Waals surface area contributed by atoms with Crippen LogP contribution in [0.5, 0.6) is 5.75 Å². The molecule has 1 fully saturated rings. The molecule has 0 unspecified atom stereocenters. The van der Waals surface area contributed by atoms with Crippen molar-refractivity contribution in [2.24, 2.45) is 0 Å². The fraction of sp³-hybridized carbons (Fsp3) is 0.320. The Kier molecular flexibility index (Phi) is 7.09. The first kappa shape index (κ1) is 23.6. The number of hydrogen-bond donors (Lipinski definition) is 1. The van der Waals surface area contributed by atoms with E-state index in [9.17, 15) is 14.4 Å². The minimum atomic E-state index is -0.462. The summed E-state index contributed by atoms with van der Waals surface area (Å²) in [5, 5.41) is 2.30. The van der Waals surface area contributed by atoms with Crippen LogP contribution >= 0.6 is 11.8 Å². The lowest BCUT2D eigenvalue weighted by molar-refractivity contribution is -0.127. The van der Waals surface area contributed by atoms with Crippen LogP contribution in [0, 0.1) is 20.8 Å². The lowest BCUT2D eigenvalue weighted by atomic mass is 9.96. The van der Waals surface area contributed by atoms with Gasteiger partial charge in [0, 0.05) is 5.69 Å². The number of nitrogens with zero attached hydrogens (tertiary/aromatic N) is 1. The minimum Gasteiger partial charge on any atom is -0.496 e. The van der Waals surface area contributed by atoms with Crippen molar-refractivity contribution < 1.29 is 19.1 Å². The number of anilines is 1. The Balaban J connectivity index is 1.78. The third-order valence-electron chi connectivity index (χ3n) is 5.49. The lowest BCUT2D eigenvalue weighted by Gasteiger charge is -2.15. The van der Waals surface area contributed by atoms with E-state index < -0.39 is 17.1 Å². The monoisotopic (exact) mass is 452 g/mol. The largest absolute Gasteiger partial charge is 0.496 e. The van der Waals surface area contributed by atoms with Gasteiger partial charge in [-0.2, -0.15) is 0 Å². The molecule has 0 spiro atoms. The lowest BCUT2D eigenvalue weighted by Crippen LogP contribution is -2.36. The Bertz CT molecular complexity index is 1120. The molecule has 168 valence electrons. The van der Waals surface area contributed by atoms with Gasteiger partial charge in [0.05, 0.1) is 12.0 Å². The van der Waals surface area contributed by atoms with Crippen LogP contribution in [0.25, 0.3) is 6.08 Å². The molecule has 1 saturated heterocycles. The van der Waals surface area contributed by atoms with Crippen molar-refractivity contribution in [2.45, 2.75) is 40.5 Å². The molecule has 0 radical (unpaired) electrons. The minimum absolute atomic E-state index is 0.238. The molecule has 0 saturated carbocycles. The number of hydrogen-bond acceptors (Lipinski definition) is 5. The van der Waals surface area contributed by atoms with Crippen molar-refractivity contribution >= 4 is 40.6 Å². The topological polar surface area (TPSA) is 75.7 Å². The fourth-order valence-corrected chi connectivity index (χ4v) is 4.27. The zero-order valence-corrected chi connectivity index (χ0v) is 20.1. The third kappa shape index (κ3) is 5.05. The summed E-state index contributed by atoms with van der Waals surface area (Å²) in [5.41, 5.74) is 5.61. The molecule has 2 aromatic rings. The summed E-state index contributed by atoms with van der Waals surface area (Å²) < 4.78 is 5.47. The molecule has 0 aliphatic carbocycles. The van der Waals surface area contributed by atoms with Crippen LogP contribution < -0.4 is 10.1 Å². The number of imide groups is 1. The number of ether oxygens (including phenoxy) is 1. The van der Waals surface area contributed by atoms with E-state index in [1.54, 1.807) is 19.3 Å². The Labute approximate surface area is 193 Å². The Morgan fingerprint density at radius 1 is 1.09 bits per heavy atom. The zero-order chi connectivity index (χ0) is 23.6. The Hall–Kier alpha value is -3.06. The van der Waals surface area contributed by atoms with Gasteiger partial charge in [-0.25, -0.2) is 0 Å². The number of carbonyl (C=O) groups is 3. The van der Waals surface area contributed by atoms with Gasteiger partial charge in [-0.05, 0) is 96.6 Å². The first-order valence-corrected chi connectivity index (χ1v) is 11.2. The van der Waals surface area contributed by atoms with Crippen molar-refractivity contribution in [3.05, 3.63) is 63.1 Å². The molecule has 1 aliphatic rings. The van der Waals surface area contributed by atoms with E-state index in [2.05, 4.69) is 19.2 Å². The summed E-state index contributed by atoms with van der Waals surface area (Å²) in [5.74, 6) is 0.156. The van der Waals surface area contributed by atoms with E-state index in [1.165, 1.54) is 0 Å². The Morgan fingerprint density at radius 2 is 1.81 bits per heavy atom. The van der Waals surface area contributed by atoms with Gasteiger partial charge in [-0.1, -0.05) is 19.9 Å². The average molecular weight is 453 g/mol. The van der Waals surface area contributed by atoms with Crippen LogP contribution in [-0.4, -0.2) is 35.6 Å². The summed E-state index contributed by atoms with van der Waals surface area (Å²) in [6.07, 6.45) is 1.72. The molecule has 3 rings (SSSR count). The fourth-order valence-electron chi connectivity index (χ4n) is 3.44. The number of benzene rings is 2. The SMILES string of the molecule is COc1cc(C)c(C=C2SC(=O)N(CC(=O)Nc3ccc(C)c(C)c3)C2=O)cc1C(C)C. The van der Waals surface area contributed by atoms with Crippen LogP contribution in [0.3, 0.4) is 0 Å². The summed E-state index contributed by atoms with van der Waals surface area (Å²) in [4.78, 5) is 39.1. The van der Waals surface area contributed by atoms with Crippen molar-refractivity contribution in [3.63, 3.8) is 0 Å². The van der Waals surface area contributed by atoms with E-state index in [0.717, 1.165) is 50.2 Å². The summed E-state index contributed by atoms with van der Waals surface area (Å²) in [6.45, 7) is 9.69. The van der Waals surface area contributed by atoms with Gasteiger partial charge in [0.1, 0.15) is 12.3 Å². The molecule has 0 atom stereocenters. The van der Waals surface area contributed by atoms with Crippen molar-refractivity contribution in [1.29, 1.82) is 0 Å². The number of aryl methyl sites for hydroxylation is 3. The number of thioether (sulfide) groups is 1. The zero-order valence-electron chi connectivity index (χ0n) is 19.2. The molecule has 1 N–H and O–H groups in total. The maximum Gasteiger partial charge on any atom is 0.294 e. The highest BCUT2D eigenvalue weighted by Crippen LogP contribution is 2.35. The second-order valence-corrected chi connectivity index (χ2v) is 9.21. The average Bonchev–Trinajstić information content (AvgIpc) is 2.99. The number of nitrogens with one attached hydrogen (secondary N) is 1. The summed E-state index contributed by atoms with van der Waals surface area (Å²) in [6, 6.07) is 9.49. The van der Waals surface area contributed by atoms with Crippen LogP contribution in [0.15, 0.2) is 35.2 Å². The maximum absolute atomic E-state index is 12.9. The van der Waals surface area contributed by atoms with Crippen LogP contribution in [0.1, 0.15) is 47.6 Å².